The van der Waals surface area contributed by atoms with Crippen LogP contribution in [0.25, 0.3) is 11.3 Å². The van der Waals surface area contributed by atoms with Crippen LogP contribution in [0.1, 0.15) is 43.4 Å². The van der Waals surface area contributed by atoms with Gasteiger partial charge in [0.1, 0.15) is 0 Å². The van der Waals surface area contributed by atoms with Crippen molar-refractivity contribution in [1.29, 1.82) is 0 Å². The lowest BCUT2D eigenvalue weighted by atomic mass is 9.88. The van der Waals surface area contributed by atoms with Gasteiger partial charge in [0.05, 0.1) is 24.5 Å². The fourth-order valence-electron chi connectivity index (χ4n) is 3.54. The minimum atomic E-state index is 0.250. The quantitative estimate of drug-likeness (QED) is 0.922. The summed E-state index contributed by atoms with van der Waals surface area (Å²) in [6, 6.07) is 2.09. The minimum absolute atomic E-state index is 0.250. The number of aromatic nitrogens is 2. The number of nitrogens with one attached hydrogen (secondary N) is 1. The average molecular weight is 301 g/mol. The molecule has 1 aliphatic heterocycles. The number of aromatic amines is 1. The van der Waals surface area contributed by atoms with Crippen LogP contribution in [0.3, 0.4) is 0 Å². The molecule has 1 aliphatic carbocycles. The van der Waals surface area contributed by atoms with Crippen molar-refractivity contribution in [1.82, 2.24) is 15.1 Å². The first kappa shape index (κ1) is 13.1. The highest BCUT2D eigenvalue weighted by atomic mass is 32.1. The van der Waals surface area contributed by atoms with Gasteiger partial charge in [-0.05, 0) is 24.3 Å². The third kappa shape index (κ3) is 2.29. The highest BCUT2D eigenvalue weighted by Gasteiger charge is 2.32. The molecule has 1 saturated carbocycles. The fourth-order valence-corrected chi connectivity index (χ4v) is 4.18. The van der Waals surface area contributed by atoms with Crippen molar-refractivity contribution in [2.24, 2.45) is 5.92 Å². The number of H-pyrrole nitrogens is 1. The lowest BCUT2D eigenvalue weighted by Gasteiger charge is -2.26. The van der Waals surface area contributed by atoms with E-state index in [0.29, 0.717) is 19.0 Å². The second kappa shape index (κ2) is 5.30. The van der Waals surface area contributed by atoms with E-state index in [0.717, 1.165) is 29.8 Å². The number of carbonyl (C=O) groups excluding carboxylic acids is 1. The minimum Gasteiger partial charge on any atom is -0.332 e. The van der Waals surface area contributed by atoms with Crippen LogP contribution in [0.2, 0.25) is 0 Å². The van der Waals surface area contributed by atoms with Crippen LogP contribution in [0.15, 0.2) is 16.8 Å². The molecule has 0 unspecified atom stereocenters. The van der Waals surface area contributed by atoms with Crippen LogP contribution in [-0.4, -0.2) is 21.0 Å². The molecule has 4 nitrogen and oxygen atoms in total. The predicted octanol–water partition coefficient (Wildman–Crippen LogP) is 3.56. The lowest BCUT2D eigenvalue weighted by molar-refractivity contribution is -0.137. The molecule has 3 heterocycles. The monoisotopic (exact) mass is 301 g/mol. The molecule has 0 aromatic carbocycles. The average Bonchev–Trinajstić information content (AvgIpc) is 3.23. The van der Waals surface area contributed by atoms with E-state index in [-0.39, 0.29) is 5.92 Å². The number of carbonyl (C=O) groups is 1. The summed E-state index contributed by atoms with van der Waals surface area (Å²) < 4.78 is 0. The summed E-state index contributed by atoms with van der Waals surface area (Å²) in [5.41, 5.74) is 4.49. The Morgan fingerprint density at radius 2 is 2.14 bits per heavy atom. The fraction of sp³-hybridized carbons (Fsp3) is 0.500. The molecule has 1 fully saturated rings. The van der Waals surface area contributed by atoms with Crippen LogP contribution in [0.4, 0.5) is 0 Å². The summed E-state index contributed by atoms with van der Waals surface area (Å²) in [6.45, 7) is 1.41. The zero-order valence-electron chi connectivity index (χ0n) is 12.0. The second-order valence-corrected chi connectivity index (χ2v) is 6.85. The number of fused-ring (bicyclic) bond motifs is 1. The summed E-state index contributed by atoms with van der Waals surface area (Å²) in [4.78, 5) is 14.7. The van der Waals surface area contributed by atoms with Gasteiger partial charge in [0.15, 0.2) is 0 Å². The predicted molar refractivity (Wildman–Crippen MR) is 82.7 cm³/mol. The van der Waals surface area contributed by atoms with Crippen LogP contribution >= 0.6 is 11.3 Å². The van der Waals surface area contributed by atoms with Gasteiger partial charge in [0.2, 0.25) is 5.91 Å². The van der Waals surface area contributed by atoms with E-state index in [2.05, 4.69) is 27.0 Å². The van der Waals surface area contributed by atoms with E-state index in [1.165, 1.54) is 24.8 Å². The first-order valence-corrected chi connectivity index (χ1v) is 8.64. The summed E-state index contributed by atoms with van der Waals surface area (Å²) in [7, 11) is 0. The lowest BCUT2D eigenvalue weighted by Crippen LogP contribution is -2.33. The molecule has 2 aromatic heterocycles. The molecule has 21 heavy (non-hydrogen) atoms. The van der Waals surface area contributed by atoms with Crippen molar-refractivity contribution in [3.05, 3.63) is 28.1 Å². The van der Waals surface area contributed by atoms with Gasteiger partial charge in [-0.1, -0.05) is 19.3 Å². The van der Waals surface area contributed by atoms with Crippen molar-refractivity contribution in [3.8, 4) is 11.3 Å². The smallest absolute Gasteiger partial charge is 0.226 e. The molecule has 2 aliphatic rings. The van der Waals surface area contributed by atoms with Gasteiger partial charge in [-0.25, -0.2) is 0 Å². The Kier molecular flexibility index (Phi) is 3.30. The van der Waals surface area contributed by atoms with Gasteiger partial charge in [-0.3, -0.25) is 9.89 Å². The van der Waals surface area contributed by atoms with Gasteiger partial charge in [-0.15, -0.1) is 0 Å². The van der Waals surface area contributed by atoms with Crippen LogP contribution in [0, 0.1) is 5.92 Å². The zero-order valence-corrected chi connectivity index (χ0v) is 12.8. The summed E-state index contributed by atoms with van der Waals surface area (Å²) >= 11 is 1.68. The maximum absolute atomic E-state index is 12.7. The number of hydrogen-bond acceptors (Lipinski definition) is 3. The van der Waals surface area contributed by atoms with Crippen molar-refractivity contribution < 1.29 is 4.79 Å². The molecule has 0 radical (unpaired) electrons. The standard InChI is InChI=1S/C16H19N3OS/c20-16(11-4-2-1-3-5-11)19-8-13-14(9-19)17-18-15(13)12-6-7-21-10-12/h6-7,10-11H,1-5,8-9H2,(H,17,18). The Hall–Kier alpha value is -1.62. The molecule has 0 atom stereocenters. The SMILES string of the molecule is O=C(C1CCCCC1)N1Cc2[nH]nc(-c3ccsc3)c2C1. The van der Waals surface area contributed by atoms with Crippen LogP contribution < -0.4 is 0 Å². The highest BCUT2D eigenvalue weighted by molar-refractivity contribution is 7.08. The number of amides is 1. The number of nitrogens with zero attached hydrogens (tertiary/aromatic N) is 2. The maximum Gasteiger partial charge on any atom is 0.226 e. The van der Waals surface area contributed by atoms with Gasteiger partial charge in [0.25, 0.3) is 0 Å². The molecule has 2 aromatic rings. The number of hydrogen-bond donors (Lipinski definition) is 1. The first-order chi connectivity index (χ1) is 10.3. The van der Waals surface area contributed by atoms with E-state index in [1.807, 2.05) is 4.90 Å². The van der Waals surface area contributed by atoms with E-state index >= 15 is 0 Å². The molecule has 4 rings (SSSR count). The maximum atomic E-state index is 12.7. The first-order valence-electron chi connectivity index (χ1n) is 7.70. The molecule has 1 amide bonds. The van der Waals surface area contributed by atoms with Crippen LogP contribution in [0.5, 0.6) is 0 Å². The Morgan fingerprint density at radius 1 is 1.29 bits per heavy atom. The Labute approximate surface area is 128 Å². The molecule has 0 bridgehead atoms. The molecule has 110 valence electrons. The molecular formula is C16H19N3OS. The normalized spacial score (nSPS) is 19.0. The van der Waals surface area contributed by atoms with Gasteiger partial charge in [-0.2, -0.15) is 16.4 Å². The van der Waals surface area contributed by atoms with Gasteiger partial charge >= 0.3 is 0 Å². The summed E-state index contributed by atoms with van der Waals surface area (Å²) in [5, 5.41) is 11.7. The molecule has 1 N–H and O–H groups in total. The summed E-state index contributed by atoms with van der Waals surface area (Å²) in [5.74, 6) is 0.593. The van der Waals surface area contributed by atoms with E-state index < -0.39 is 0 Å². The molecular weight excluding hydrogens is 282 g/mol. The van der Waals surface area contributed by atoms with E-state index in [9.17, 15) is 4.79 Å². The van der Waals surface area contributed by atoms with E-state index in [4.69, 9.17) is 0 Å². The third-order valence-electron chi connectivity index (χ3n) is 4.71. The molecule has 0 spiro atoms. The molecule has 5 heteroatoms. The Bertz CT molecular complexity index is 641. The third-order valence-corrected chi connectivity index (χ3v) is 5.39. The van der Waals surface area contributed by atoms with Crippen molar-refractivity contribution in [2.75, 3.05) is 0 Å². The number of thiophene rings is 1. The van der Waals surface area contributed by atoms with Crippen molar-refractivity contribution >= 4 is 17.2 Å². The number of rotatable bonds is 2. The largest absolute Gasteiger partial charge is 0.332 e. The highest BCUT2D eigenvalue weighted by Crippen LogP contribution is 2.34. The van der Waals surface area contributed by atoms with Crippen molar-refractivity contribution in [3.63, 3.8) is 0 Å². The van der Waals surface area contributed by atoms with E-state index in [1.54, 1.807) is 11.3 Å². The van der Waals surface area contributed by atoms with Gasteiger partial charge < -0.3 is 4.90 Å². The Balaban J connectivity index is 1.53. The van der Waals surface area contributed by atoms with Gasteiger partial charge in [0, 0.05) is 22.4 Å². The summed E-state index contributed by atoms with van der Waals surface area (Å²) in [6.07, 6.45) is 5.83. The Morgan fingerprint density at radius 3 is 2.90 bits per heavy atom. The van der Waals surface area contributed by atoms with Crippen LogP contribution in [-0.2, 0) is 17.9 Å². The molecule has 0 saturated heterocycles. The topological polar surface area (TPSA) is 49.0 Å². The second-order valence-electron chi connectivity index (χ2n) is 6.07. The zero-order chi connectivity index (χ0) is 14.2. The van der Waals surface area contributed by atoms with Crippen molar-refractivity contribution in [2.45, 2.75) is 45.2 Å².